The van der Waals surface area contributed by atoms with Gasteiger partial charge in [-0.3, -0.25) is 0 Å². The van der Waals surface area contributed by atoms with Gasteiger partial charge in [-0.05, 0) is 49.2 Å². The highest BCUT2D eigenvalue weighted by Gasteiger charge is 2.09. The van der Waals surface area contributed by atoms with Crippen molar-refractivity contribution < 1.29 is 4.39 Å². The van der Waals surface area contributed by atoms with Crippen LogP contribution >= 0.6 is 11.8 Å². The maximum absolute atomic E-state index is 13.3. The van der Waals surface area contributed by atoms with Crippen LogP contribution in [0.3, 0.4) is 0 Å². The molecule has 0 fully saturated rings. The van der Waals surface area contributed by atoms with Crippen molar-refractivity contribution in [2.75, 3.05) is 5.75 Å². The number of hydrogen-bond donors (Lipinski definition) is 1. The summed E-state index contributed by atoms with van der Waals surface area (Å²) in [5, 5.41) is 0. The zero-order valence-electron chi connectivity index (χ0n) is 11.2. The van der Waals surface area contributed by atoms with Gasteiger partial charge in [0.2, 0.25) is 0 Å². The van der Waals surface area contributed by atoms with Gasteiger partial charge in [0.25, 0.3) is 0 Å². The minimum Gasteiger partial charge on any atom is -0.323 e. The normalized spacial score (nSPS) is 12.4. The van der Waals surface area contributed by atoms with E-state index in [-0.39, 0.29) is 11.9 Å². The van der Waals surface area contributed by atoms with E-state index in [9.17, 15) is 4.39 Å². The Balaban J connectivity index is 2.03. The minimum atomic E-state index is -0.217. The smallest absolute Gasteiger partial charge is 0.123 e. The number of halogens is 1. The highest BCUT2D eigenvalue weighted by atomic mass is 32.2. The van der Waals surface area contributed by atoms with Crippen LogP contribution in [0.4, 0.5) is 4.39 Å². The SMILES string of the molecule is Cc1cccc(SCC(N)c2cc(C)cc(F)c2)c1. The Kier molecular flexibility index (Phi) is 4.61. The van der Waals surface area contributed by atoms with Crippen LogP contribution in [-0.2, 0) is 0 Å². The summed E-state index contributed by atoms with van der Waals surface area (Å²) in [7, 11) is 0. The summed E-state index contributed by atoms with van der Waals surface area (Å²) in [6.07, 6.45) is 0. The van der Waals surface area contributed by atoms with Crippen LogP contribution in [0.25, 0.3) is 0 Å². The Bertz CT molecular complexity index is 548. The summed E-state index contributed by atoms with van der Waals surface area (Å²) in [6, 6.07) is 13.1. The molecular formula is C16H18FNS. The summed E-state index contributed by atoms with van der Waals surface area (Å²) < 4.78 is 13.3. The van der Waals surface area contributed by atoms with E-state index in [2.05, 4.69) is 25.1 Å². The number of hydrogen-bond acceptors (Lipinski definition) is 2. The molecule has 0 saturated heterocycles. The van der Waals surface area contributed by atoms with Crippen molar-refractivity contribution in [1.82, 2.24) is 0 Å². The Hall–Kier alpha value is -1.32. The molecule has 2 rings (SSSR count). The molecule has 1 atom stereocenters. The average Bonchev–Trinajstić information content (AvgIpc) is 2.35. The van der Waals surface area contributed by atoms with Crippen molar-refractivity contribution >= 4 is 11.8 Å². The molecule has 0 amide bonds. The molecule has 2 aromatic carbocycles. The van der Waals surface area contributed by atoms with E-state index in [1.54, 1.807) is 11.8 Å². The number of aryl methyl sites for hydroxylation is 2. The number of thioether (sulfide) groups is 1. The van der Waals surface area contributed by atoms with E-state index in [4.69, 9.17) is 5.73 Å². The third-order valence-electron chi connectivity index (χ3n) is 2.91. The molecular weight excluding hydrogens is 257 g/mol. The standard InChI is InChI=1S/C16H18FNS/c1-11-4-3-5-15(8-11)19-10-16(18)13-6-12(2)7-14(17)9-13/h3-9,16H,10,18H2,1-2H3. The van der Waals surface area contributed by atoms with Gasteiger partial charge in [0.05, 0.1) is 0 Å². The van der Waals surface area contributed by atoms with Gasteiger partial charge >= 0.3 is 0 Å². The van der Waals surface area contributed by atoms with Gasteiger partial charge in [-0.15, -0.1) is 11.8 Å². The van der Waals surface area contributed by atoms with Gasteiger partial charge in [0.15, 0.2) is 0 Å². The highest BCUT2D eigenvalue weighted by molar-refractivity contribution is 7.99. The Morgan fingerprint density at radius 3 is 2.58 bits per heavy atom. The molecule has 0 aliphatic heterocycles. The first-order valence-corrected chi connectivity index (χ1v) is 7.25. The van der Waals surface area contributed by atoms with Crippen LogP contribution in [0.1, 0.15) is 22.7 Å². The minimum absolute atomic E-state index is 0.153. The monoisotopic (exact) mass is 275 g/mol. The molecule has 19 heavy (non-hydrogen) atoms. The summed E-state index contributed by atoms with van der Waals surface area (Å²) in [5.74, 6) is 0.526. The van der Waals surface area contributed by atoms with E-state index >= 15 is 0 Å². The van der Waals surface area contributed by atoms with Crippen molar-refractivity contribution in [1.29, 1.82) is 0 Å². The molecule has 0 bridgehead atoms. The van der Waals surface area contributed by atoms with Gasteiger partial charge in [-0.2, -0.15) is 0 Å². The molecule has 0 aliphatic carbocycles. The van der Waals surface area contributed by atoms with Gasteiger partial charge in [0, 0.05) is 16.7 Å². The molecule has 0 spiro atoms. The summed E-state index contributed by atoms with van der Waals surface area (Å²) in [6.45, 7) is 3.95. The molecule has 1 nitrogen and oxygen atoms in total. The summed E-state index contributed by atoms with van der Waals surface area (Å²) in [5.41, 5.74) is 9.13. The first kappa shape index (κ1) is 14.1. The quantitative estimate of drug-likeness (QED) is 0.845. The fourth-order valence-electron chi connectivity index (χ4n) is 1.97. The number of benzene rings is 2. The first-order chi connectivity index (χ1) is 9.04. The van der Waals surface area contributed by atoms with Crippen LogP contribution in [0.2, 0.25) is 0 Å². The largest absolute Gasteiger partial charge is 0.323 e. The highest BCUT2D eigenvalue weighted by Crippen LogP contribution is 2.25. The molecule has 0 saturated carbocycles. The van der Waals surface area contributed by atoms with E-state index < -0.39 is 0 Å². The maximum Gasteiger partial charge on any atom is 0.123 e. The predicted octanol–water partition coefficient (Wildman–Crippen LogP) is 4.23. The molecule has 100 valence electrons. The van der Waals surface area contributed by atoms with Gasteiger partial charge in [0.1, 0.15) is 5.82 Å². The van der Waals surface area contributed by atoms with E-state index in [1.165, 1.54) is 22.6 Å². The van der Waals surface area contributed by atoms with Crippen LogP contribution in [-0.4, -0.2) is 5.75 Å². The van der Waals surface area contributed by atoms with Crippen molar-refractivity contribution in [3.63, 3.8) is 0 Å². The second kappa shape index (κ2) is 6.22. The number of rotatable bonds is 4. The van der Waals surface area contributed by atoms with Crippen LogP contribution in [0.5, 0.6) is 0 Å². The van der Waals surface area contributed by atoms with E-state index in [0.29, 0.717) is 0 Å². The van der Waals surface area contributed by atoms with E-state index in [0.717, 1.165) is 16.9 Å². The van der Waals surface area contributed by atoms with Crippen molar-refractivity contribution in [2.45, 2.75) is 24.8 Å². The lowest BCUT2D eigenvalue weighted by molar-refractivity contribution is 0.621. The second-order valence-electron chi connectivity index (χ2n) is 4.80. The molecule has 2 N–H and O–H groups in total. The van der Waals surface area contributed by atoms with Gasteiger partial charge in [-0.25, -0.2) is 4.39 Å². The maximum atomic E-state index is 13.3. The molecule has 0 heterocycles. The second-order valence-corrected chi connectivity index (χ2v) is 5.89. The Morgan fingerprint density at radius 2 is 1.89 bits per heavy atom. The van der Waals surface area contributed by atoms with Crippen molar-refractivity contribution in [2.24, 2.45) is 5.73 Å². The molecule has 3 heteroatoms. The first-order valence-electron chi connectivity index (χ1n) is 6.27. The fraction of sp³-hybridized carbons (Fsp3) is 0.250. The zero-order valence-corrected chi connectivity index (χ0v) is 12.0. The lowest BCUT2D eigenvalue weighted by Crippen LogP contribution is -2.13. The molecule has 1 unspecified atom stereocenters. The molecule has 0 aromatic heterocycles. The third-order valence-corrected chi connectivity index (χ3v) is 4.02. The van der Waals surface area contributed by atoms with Crippen LogP contribution in [0, 0.1) is 19.7 Å². The van der Waals surface area contributed by atoms with Gasteiger partial charge < -0.3 is 5.73 Å². The fourth-order valence-corrected chi connectivity index (χ4v) is 2.97. The predicted molar refractivity (Wildman–Crippen MR) is 80.0 cm³/mol. The van der Waals surface area contributed by atoms with Gasteiger partial charge in [-0.1, -0.05) is 23.8 Å². The summed E-state index contributed by atoms with van der Waals surface area (Å²) >= 11 is 1.70. The topological polar surface area (TPSA) is 26.0 Å². The molecule has 2 aromatic rings. The van der Waals surface area contributed by atoms with Crippen LogP contribution in [0.15, 0.2) is 47.4 Å². The zero-order chi connectivity index (χ0) is 13.8. The molecule has 0 radical (unpaired) electrons. The van der Waals surface area contributed by atoms with Crippen molar-refractivity contribution in [3.8, 4) is 0 Å². The third kappa shape index (κ3) is 4.08. The van der Waals surface area contributed by atoms with Crippen LogP contribution < -0.4 is 5.73 Å². The molecule has 0 aliphatic rings. The van der Waals surface area contributed by atoms with E-state index in [1.807, 2.05) is 19.1 Å². The Labute approximate surface area is 118 Å². The summed E-state index contributed by atoms with van der Waals surface area (Å²) in [4.78, 5) is 1.20. The Morgan fingerprint density at radius 1 is 1.11 bits per heavy atom. The lowest BCUT2D eigenvalue weighted by atomic mass is 10.1. The number of nitrogens with two attached hydrogens (primary N) is 1. The average molecular weight is 275 g/mol. The lowest BCUT2D eigenvalue weighted by Gasteiger charge is -2.13. The van der Waals surface area contributed by atoms with Crippen molar-refractivity contribution in [3.05, 3.63) is 65.0 Å².